The number of nitriles is 1. The number of hydrogen-bond donors (Lipinski definition) is 1. The van der Waals surface area contributed by atoms with Gasteiger partial charge in [-0.3, -0.25) is 0 Å². The Morgan fingerprint density at radius 2 is 2.13 bits per heavy atom. The van der Waals surface area contributed by atoms with Crippen LogP contribution in [0.1, 0.15) is 33.5 Å². The second-order valence-electron chi connectivity index (χ2n) is 2.97. The fraction of sp³-hybridized carbons (Fsp3) is 0.200. The molecule has 0 aliphatic heterocycles. The number of halogens is 2. The Balaban J connectivity index is 3.45. The molecule has 0 heterocycles. The van der Waals surface area contributed by atoms with Crippen molar-refractivity contribution in [2.24, 2.45) is 0 Å². The van der Waals surface area contributed by atoms with Crippen LogP contribution in [0.2, 0.25) is 0 Å². The van der Waals surface area contributed by atoms with Crippen molar-refractivity contribution < 1.29 is 18.7 Å². The largest absolute Gasteiger partial charge is 0.478 e. The lowest BCUT2D eigenvalue weighted by Crippen LogP contribution is -2.03. The lowest BCUT2D eigenvalue weighted by atomic mass is 10.00. The van der Waals surface area contributed by atoms with Crippen LogP contribution in [0.4, 0.5) is 8.78 Å². The number of carboxylic acid groups (broad SMARTS) is 1. The van der Waals surface area contributed by atoms with E-state index < -0.39 is 18.0 Å². The highest BCUT2D eigenvalue weighted by Crippen LogP contribution is 2.25. The van der Waals surface area contributed by atoms with Crippen LogP contribution in [0.25, 0.3) is 0 Å². The molecule has 0 aliphatic rings. The minimum atomic E-state index is -2.74. The standard InChI is InChI=1S/C10H7F2NO2/c1-5-2-6(4-13)8(10(14)15)3-7(5)9(11)12/h2-3,9H,1H3,(H,14,15). The van der Waals surface area contributed by atoms with Crippen LogP contribution in [-0.2, 0) is 0 Å². The van der Waals surface area contributed by atoms with Crippen LogP contribution in [0, 0.1) is 18.3 Å². The van der Waals surface area contributed by atoms with Gasteiger partial charge in [0.05, 0.1) is 11.1 Å². The second-order valence-corrected chi connectivity index (χ2v) is 2.97. The molecule has 0 aliphatic carbocycles. The van der Waals surface area contributed by atoms with Crippen LogP contribution >= 0.6 is 0 Å². The Hall–Kier alpha value is -1.96. The first-order valence-corrected chi connectivity index (χ1v) is 4.03. The topological polar surface area (TPSA) is 61.1 Å². The Labute approximate surface area is 84.6 Å². The molecule has 0 atom stereocenters. The normalized spacial score (nSPS) is 10.1. The fourth-order valence-electron chi connectivity index (χ4n) is 1.23. The Bertz CT molecular complexity index is 449. The second kappa shape index (κ2) is 4.05. The van der Waals surface area contributed by atoms with Gasteiger partial charge < -0.3 is 5.11 Å². The minimum Gasteiger partial charge on any atom is -0.478 e. The molecule has 78 valence electrons. The smallest absolute Gasteiger partial charge is 0.337 e. The SMILES string of the molecule is Cc1cc(C#N)c(C(=O)O)cc1C(F)F. The molecule has 0 saturated carbocycles. The Morgan fingerprint density at radius 3 is 2.53 bits per heavy atom. The molecule has 0 amide bonds. The first kappa shape index (κ1) is 11.1. The van der Waals surface area contributed by atoms with Crippen LogP contribution in [0.5, 0.6) is 0 Å². The molecule has 0 aromatic heterocycles. The molecule has 0 spiro atoms. The highest BCUT2D eigenvalue weighted by Gasteiger charge is 2.17. The average molecular weight is 211 g/mol. The monoisotopic (exact) mass is 211 g/mol. The number of benzene rings is 1. The molecule has 5 heteroatoms. The summed E-state index contributed by atoms with van der Waals surface area (Å²) in [6.07, 6.45) is -2.74. The average Bonchev–Trinajstić information content (AvgIpc) is 2.16. The van der Waals surface area contributed by atoms with Gasteiger partial charge in [-0.2, -0.15) is 5.26 Å². The summed E-state index contributed by atoms with van der Waals surface area (Å²) in [5.74, 6) is -1.38. The van der Waals surface area contributed by atoms with Gasteiger partial charge in [0.15, 0.2) is 0 Å². The third kappa shape index (κ3) is 2.10. The van der Waals surface area contributed by atoms with Crippen molar-refractivity contribution in [1.82, 2.24) is 0 Å². The molecule has 0 radical (unpaired) electrons. The van der Waals surface area contributed by atoms with Crippen molar-refractivity contribution in [1.29, 1.82) is 5.26 Å². The quantitative estimate of drug-likeness (QED) is 0.817. The molecule has 0 fully saturated rings. The summed E-state index contributed by atoms with van der Waals surface area (Å²) in [5.41, 5.74) is -0.638. The number of carbonyl (C=O) groups is 1. The van der Waals surface area contributed by atoms with E-state index in [9.17, 15) is 13.6 Å². The number of alkyl halides is 2. The molecule has 0 bridgehead atoms. The Kier molecular flexibility index (Phi) is 3.00. The van der Waals surface area contributed by atoms with Gasteiger partial charge >= 0.3 is 5.97 Å². The zero-order valence-electron chi connectivity index (χ0n) is 7.79. The minimum absolute atomic E-state index is 0.107. The molecule has 1 aromatic carbocycles. The van der Waals surface area contributed by atoms with Gasteiger partial charge in [-0.1, -0.05) is 0 Å². The first-order chi connectivity index (χ1) is 6.97. The van der Waals surface area contributed by atoms with Crippen LogP contribution in [0.3, 0.4) is 0 Å². The lowest BCUT2D eigenvalue weighted by molar-refractivity contribution is 0.0696. The van der Waals surface area contributed by atoms with E-state index in [2.05, 4.69) is 0 Å². The molecule has 1 aromatic rings. The van der Waals surface area contributed by atoms with E-state index in [-0.39, 0.29) is 16.7 Å². The van der Waals surface area contributed by atoms with Gasteiger partial charge in [0.2, 0.25) is 0 Å². The van der Waals surface area contributed by atoms with Gasteiger partial charge in [0.25, 0.3) is 6.43 Å². The number of aromatic carboxylic acids is 1. The molecule has 1 rings (SSSR count). The number of carboxylic acids is 1. The maximum atomic E-state index is 12.4. The predicted octanol–water partition coefficient (Wildman–Crippen LogP) is 2.50. The maximum Gasteiger partial charge on any atom is 0.337 e. The van der Waals surface area contributed by atoms with E-state index in [1.54, 1.807) is 6.07 Å². The third-order valence-corrected chi connectivity index (χ3v) is 1.99. The summed E-state index contributed by atoms with van der Waals surface area (Å²) in [7, 11) is 0. The van der Waals surface area contributed by atoms with E-state index in [1.807, 2.05) is 0 Å². The van der Waals surface area contributed by atoms with E-state index in [4.69, 9.17) is 10.4 Å². The number of aryl methyl sites for hydroxylation is 1. The van der Waals surface area contributed by atoms with Gasteiger partial charge in [-0.05, 0) is 24.6 Å². The number of nitrogens with zero attached hydrogens (tertiary/aromatic N) is 1. The van der Waals surface area contributed by atoms with Crippen molar-refractivity contribution >= 4 is 5.97 Å². The van der Waals surface area contributed by atoms with Crippen molar-refractivity contribution in [3.05, 3.63) is 34.4 Å². The molecule has 0 unspecified atom stereocenters. The fourth-order valence-corrected chi connectivity index (χ4v) is 1.23. The summed E-state index contributed by atoms with van der Waals surface area (Å²) < 4.78 is 24.9. The highest BCUT2D eigenvalue weighted by molar-refractivity contribution is 5.91. The van der Waals surface area contributed by atoms with Crippen molar-refractivity contribution in [2.75, 3.05) is 0 Å². The van der Waals surface area contributed by atoms with Crippen molar-refractivity contribution in [3.63, 3.8) is 0 Å². The van der Waals surface area contributed by atoms with E-state index >= 15 is 0 Å². The molecular weight excluding hydrogens is 204 g/mol. The summed E-state index contributed by atoms with van der Waals surface area (Å²) in [5, 5.41) is 17.3. The number of hydrogen-bond acceptors (Lipinski definition) is 2. The number of rotatable bonds is 2. The molecular formula is C10H7F2NO2. The molecule has 3 nitrogen and oxygen atoms in total. The predicted molar refractivity (Wildman–Crippen MR) is 47.8 cm³/mol. The van der Waals surface area contributed by atoms with Crippen LogP contribution < -0.4 is 0 Å². The molecule has 1 N–H and O–H groups in total. The van der Waals surface area contributed by atoms with Gasteiger partial charge in [-0.25, -0.2) is 13.6 Å². The van der Waals surface area contributed by atoms with Gasteiger partial charge in [0.1, 0.15) is 6.07 Å². The lowest BCUT2D eigenvalue weighted by Gasteiger charge is -2.07. The van der Waals surface area contributed by atoms with Gasteiger partial charge in [-0.15, -0.1) is 0 Å². The van der Waals surface area contributed by atoms with E-state index in [0.29, 0.717) is 0 Å². The zero-order chi connectivity index (χ0) is 11.6. The van der Waals surface area contributed by atoms with Crippen LogP contribution in [-0.4, -0.2) is 11.1 Å². The third-order valence-electron chi connectivity index (χ3n) is 1.99. The van der Waals surface area contributed by atoms with Crippen LogP contribution in [0.15, 0.2) is 12.1 Å². The van der Waals surface area contributed by atoms with E-state index in [0.717, 1.165) is 12.1 Å². The molecule has 15 heavy (non-hydrogen) atoms. The first-order valence-electron chi connectivity index (χ1n) is 4.03. The van der Waals surface area contributed by atoms with Crippen molar-refractivity contribution in [2.45, 2.75) is 13.3 Å². The van der Waals surface area contributed by atoms with Gasteiger partial charge in [0, 0.05) is 5.56 Å². The Morgan fingerprint density at radius 1 is 1.53 bits per heavy atom. The molecule has 0 saturated heterocycles. The summed E-state index contributed by atoms with van der Waals surface area (Å²) in [4.78, 5) is 10.7. The zero-order valence-corrected chi connectivity index (χ0v) is 7.79. The highest BCUT2D eigenvalue weighted by atomic mass is 19.3. The summed E-state index contributed by atoms with van der Waals surface area (Å²) in [6, 6.07) is 3.66. The van der Waals surface area contributed by atoms with Crippen molar-refractivity contribution in [3.8, 4) is 6.07 Å². The summed E-state index contributed by atoms with van der Waals surface area (Å²) >= 11 is 0. The van der Waals surface area contributed by atoms with E-state index in [1.165, 1.54) is 6.92 Å². The summed E-state index contributed by atoms with van der Waals surface area (Å²) in [6.45, 7) is 1.41. The maximum absolute atomic E-state index is 12.4.